The standard InChI is InChI=1S/C23H26N2O8S/c1-14-4-9-19(10-15(14)2)34(30,31)25-12-17(26)11-20(25)23(29)33-13-21(27)24-22(28)16-5-7-18(32-3)8-6-16/h4-10,17,20,26H,11-13H2,1-3H3,(H,24,27,28). The van der Waals surface area contributed by atoms with Gasteiger partial charge in [0.25, 0.3) is 11.8 Å². The summed E-state index contributed by atoms with van der Waals surface area (Å²) < 4.78 is 37.1. The summed E-state index contributed by atoms with van der Waals surface area (Å²) >= 11 is 0. The van der Waals surface area contributed by atoms with Gasteiger partial charge in [0.15, 0.2) is 6.61 Å². The Morgan fingerprint density at radius 2 is 1.76 bits per heavy atom. The molecule has 0 aliphatic carbocycles. The molecule has 2 atom stereocenters. The van der Waals surface area contributed by atoms with Crippen LogP contribution in [0.2, 0.25) is 0 Å². The van der Waals surface area contributed by atoms with Gasteiger partial charge in [0.2, 0.25) is 10.0 Å². The second-order valence-electron chi connectivity index (χ2n) is 7.94. The van der Waals surface area contributed by atoms with Gasteiger partial charge in [0, 0.05) is 18.5 Å². The van der Waals surface area contributed by atoms with Crippen molar-refractivity contribution in [2.75, 3.05) is 20.3 Å². The van der Waals surface area contributed by atoms with Crippen LogP contribution in [-0.2, 0) is 24.3 Å². The molecule has 11 heteroatoms. The highest BCUT2D eigenvalue weighted by molar-refractivity contribution is 7.89. The average Bonchev–Trinajstić information content (AvgIpc) is 3.21. The van der Waals surface area contributed by atoms with Crippen LogP contribution >= 0.6 is 0 Å². The molecule has 182 valence electrons. The maximum atomic E-state index is 13.1. The predicted molar refractivity (Wildman–Crippen MR) is 121 cm³/mol. The number of esters is 1. The van der Waals surface area contributed by atoms with Crippen molar-refractivity contribution in [3.05, 3.63) is 59.2 Å². The van der Waals surface area contributed by atoms with Crippen LogP contribution in [-0.4, -0.2) is 68.0 Å². The van der Waals surface area contributed by atoms with E-state index in [0.29, 0.717) is 5.75 Å². The highest BCUT2D eigenvalue weighted by Crippen LogP contribution is 2.28. The number of methoxy groups -OCH3 is 1. The number of amides is 2. The van der Waals surface area contributed by atoms with Crippen LogP contribution < -0.4 is 10.1 Å². The largest absolute Gasteiger partial charge is 0.497 e. The number of hydrogen-bond donors (Lipinski definition) is 2. The van der Waals surface area contributed by atoms with Crippen molar-refractivity contribution in [1.29, 1.82) is 0 Å². The van der Waals surface area contributed by atoms with E-state index in [4.69, 9.17) is 9.47 Å². The van der Waals surface area contributed by atoms with E-state index in [-0.39, 0.29) is 23.4 Å². The maximum absolute atomic E-state index is 13.1. The summed E-state index contributed by atoms with van der Waals surface area (Å²) in [5.74, 6) is -2.03. The van der Waals surface area contributed by atoms with Gasteiger partial charge in [-0.2, -0.15) is 4.31 Å². The Morgan fingerprint density at radius 1 is 1.09 bits per heavy atom. The fraction of sp³-hybridized carbons (Fsp3) is 0.348. The lowest BCUT2D eigenvalue weighted by Gasteiger charge is -2.22. The molecule has 34 heavy (non-hydrogen) atoms. The average molecular weight is 491 g/mol. The van der Waals surface area contributed by atoms with Gasteiger partial charge in [-0.05, 0) is 61.4 Å². The molecule has 3 rings (SSSR count). The van der Waals surface area contributed by atoms with Crippen LogP contribution in [0.15, 0.2) is 47.4 Å². The number of carbonyl (C=O) groups excluding carboxylic acids is 3. The normalized spacial score (nSPS) is 18.4. The van der Waals surface area contributed by atoms with Gasteiger partial charge in [0.05, 0.1) is 18.1 Å². The predicted octanol–water partition coefficient (Wildman–Crippen LogP) is 0.936. The second kappa shape index (κ2) is 10.3. The molecule has 1 heterocycles. The first kappa shape index (κ1) is 25.3. The van der Waals surface area contributed by atoms with Gasteiger partial charge < -0.3 is 14.6 Å². The summed E-state index contributed by atoms with van der Waals surface area (Å²) in [7, 11) is -2.62. The zero-order valence-electron chi connectivity index (χ0n) is 19.0. The molecular weight excluding hydrogens is 464 g/mol. The zero-order chi connectivity index (χ0) is 25.0. The van der Waals surface area contributed by atoms with Crippen LogP contribution in [0.4, 0.5) is 0 Å². The number of sulfonamides is 1. The number of hydrogen-bond acceptors (Lipinski definition) is 8. The number of benzene rings is 2. The van der Waals surface area contributed by atoms with Crippen LogP contribution in [0.1, 0.15) is 27.9 Å². The Bertz CT molecular complexity index is 1190. The molecule has 0 saturated carbocycles. The van der Waals surface area contributed by atoms with E-state index in [1.165, 1.54) is 31.4 Å². The number of ether oxygens (including phenoxy) is 2. The molecule has 1 saturated heterocycles. The monoisotopic (exact) mass is 490 g/mol. The Morgan fingerprint density at radius 3 is 2.38 bits per heavy atom. The summed E-state index contributed by atoms with van der Waals surface area (Å²) in [5, 5.41) is 12.1. The number of carbonyl (C=O) groups is 3. The highest BCUT2D eigenvalue weighted by Gasteiger charge is 2.44. The third-order valence-electron chi connectivity index (χ3n) is 5.54. The zero-order valence-corrected chi connectivity index (χ0v) is 19.8. The van der Waals surface area contributed by atoms with Crippen LogP contribution in [0, 0.1) is 13.8 Å². The van der Waals surface area contributed by atoms with Crippen molar-refractivity contribution in [2.45, 2.75) is 37.3 Å². The lowest BCUT2D eigenvalue weighted by Crippen LogP contribution is -2.43. The Kier molecular flexibility index (Phi) is 7.70. The fourth-order valence-electron chi connectivity index (χ4n) is 3.48. The number of aliphatic hydroxyl groups excluding tert-OH is 1. The Labute approximate surface area is 197 Å². The van der Waals surface area contributed by atoms with Crippen molar-refractivity contribution in [2.24, 2.45) is 0 Å². The quantitative estimate of drug-likeness (QED) is 0.547. The van der Waals surface area contributed by atoms with Gasteiger partial charge in [-0.25, -0.2) is 8.42 Å². The first-order chi connectivity index (χ1) is 16.0. The number of β-amino-alcohol motifs (C(OH)–C–C–N with tert-alkyl or cyclic N) is 1. The van der Waals surface area contributed by atoms with E-state index < -0.39 is 46.6 Å². The van der Waals surface area contributed by atoms with Crippen molar-refractivity contribution in [3.63, 3.8) is 0 Å². The number of imide groups is 1. The minimum Gasteiger partial charge on any atom is -0.497 e. The molecule has 0 bridgehead atoms. The van der Waals surface area contributed by atoms with Crippen molar-refractivity contribution >= 4 is 27.8 Å². The van der Waals surface area contributed by atoms with Crippen LogP contribution in [0.3, 0.4) is 0 Å². The second-order valence-corrected chi connectivity index (χ2v) is 9.83. The van der Waals surface area contributed by atoms with E-state index >= 15 is 0 Å². The maximum Gasteiger partial charge on any atom is 0.325 e. The minimum atomic E-state index is -4.10. The summed E-state index contributed by atoms with van der Waals surface area (Å²) in [6.45, 7) is 2.54. The number of nitrogens with one attached hydrogen (secondary N) is 1. The number of aliphatic hydroxyl groups is 1. The minimum absolute atomic E-state index is 0.00895. The molecule has 2 amide bonds. The summed E-state index contributed by atoms with van der Waals surface area (Å²) in [6.07, 6.45) is -1.24. The number of aryl methyl sites for hydroxylation is 2. The molecule has 2 aromatic rings. The summed E-state index contributed by atoms with van der Waals surface area (Å²) in [5.41, 5.74) is 1.87. The first-order valence-corrected chi connectivity index (χ1v) is 11.9. The molecule has 0 spiro atoms. The Hall–Kier alpha value is -3.28. The lowest BCUT2D eigenvalue weighted by molar-refractivity contribution is -0.151. The molecule has 2 unspecified atom stereocenters. The lowest BCUT2D eigenvalue weighted by atomic mass is 10.1. The van der Waals surface area contributed by atoms with Gasteiger partial charge in [-0.3, -0.25) is 19.7 Å². The van der Waals surface area contributed by atoms with Crippen LogP contribution in [0.5, 0.6) is 5.75 Å². The molecule has 2 N–H and O–H groups in total. The topological polar surface area (TPSA) is 139 Å². The van der Waals surface area contributed by atoms with Gasteiger partial charge in [-0.15, -0.1) is 0 Å². The van der Waals surface area contributed by atoms with E-state index in [9.17, 15) is 27.9 Å². The third-order valence-corrected chi connectivity index (χ3v) is 7.41. The molecule has 1 fully saturated rings. The van der Waals surface area contributed by atoms with E-state index in [2.05, 4.69) is 5.32 Å². The molecule has 0 radical (unpaired) electrons. The molecule has 1 aliphatic rings. The van der Waals surface area contributed by atoms with E-state index in [1.54, 1.807) is 25.1 Å². The van der Waals surface area contributed by atoms with Crippen LogP contribution in [0.25, 0.3) is 0 Å². The highest BCUT2D eigenvalue weighted by atomic mass is 32.2. The van der Waals surface area contributed by atoms with E-state index in [0.717, 1.165) is 15.4 Å². The smallest absolute Gasteiger partial charge is 0.325 e. The summed E-state index contributed by atoms with van der Waals surface area (Å²) in [4.78, 5) is 36.8. The summed E-state index contributed by atoms with van der Waals surface area (Å²) in [6, 6.07) is 9.31. The SMILES string of the molecule is COc1ccc(C(=O)NC(=O)COC(=O)C2CC(O)CN2S(=O)(=O)c2ccc(C)c(C)c2)cc1. The van der Waals surface area contributed by atoms with Crippen molar-refractivity contribution in [3.8, 4) is 5.75 Å². The van der Waals surface area contributed by atoms with Gasteiger partial charge in [0.1, 0.15) is 11.8 Å². The van der Waals surface area contributed by atoms with Gasteiger partial charge >= 0.3 is 5.97 Å². The van der Waals surface area contributed by atoms with Gasteiger partial charge in [-0.1, -0.05) is 6.07 Å². The number of nitrogens with zero attached hydrogens (tertiary/aromatic N) is 1. The molecule has 1 aliphatic heterocycles. The first-order valence-electron chi connectivity index (χ1n) is 10.4. The molecule has 10 nitrogen and oxygen atoms in total. The Balaban J connectivity index is 1.64. The van der Waals surface area contributed by atoms with Crippen molar-refractivity contribution in [1.82, 2.24) is 9.62 Å². The van der Waals surface area contributed by atoms with Crippen molar-refractivity contribution < 1.29 is 37.4 Å². The molecular formula is C23H26N2O8S. The molecule has 0 aromatic heterocycles. The third kappa shape index (κ3) is 5.61. The number of rotatable bonds is 7. The van der Waals surface area contributed by atoms with E-state index in [1.807, 2.05) is 6.92 Å². The fourth-order valence-corrected chi connectivity index (χ4v) is 5.20. The molecule has 2 aromatic carbocycles.